The van der Waals surface area contributed by atoms with Gasteiger partial charge in [0.2, 0.25) is 5.89 Å². The van der Waals surface area contributed by atoms with E-state index in [0.717, 1.165) is 12.8 Å². The molecule has 74 valence electrons. The second-order valence-corrected chi connectivity index (χ2v) is 3.90. The molecule has 1 rings (SSSR count). The molecule has 0 bridgehead atoms. The van der Waals surface area contributed by atoms with Crippen LogP contribution < -0.4 is 0 Å². The Kier molecular flexibility index (Phi) is 2.98. The Balaban J connectivity index is 2.95. The van der Waals surface area contributed by atoms with E-state index in [2.05, 4.69) is 4.98 Å². The van der Waals surface area contributed by atoms with Crippen molar-refractivity contribution < 1.29 is 9.52 Å². The first-order chi connectivity index (χ1) is 5.95. The van der Waals surface area contributed by atoms with Gasteiger partial charge < -0.3 is 9.52 Å². The third-order valence-corrected chi connectivity index (χ3v) is 1.95. The van der Waals surface area contributed by atoms with Crippen LogP contribution in [0, 0.1) is 0 Å². The minimum Gasteiger partial charge on any atom is -0.441 e. The summed E-state index contributed by atoms with van der Waals surface area (Å²) in [6.45, 7) is 5.26. The van der Waals surface area contributed by atoms with Crippen molar-refractivity contribution >= 4 is 11.6 Å². The molecule has 0 fully saturated rings. The predicted octanol–water partition coefficient (Wildman–Crippen LogP) is 2.51. The molecule has 0 amide bonds. The molecule has 0 spiro atoms. The minimum atomic E-state index is -1.06. The van der Waals surface area contributed by atoms with Crippen LogP contribution in [0.1, 0.15) is 38.8 Å². The quantitative estimate of drug-likeness (QED) is 0.821. The summed E-state index contributed by atoms with van der Waals surface area (Å²) < 4.78 is 5.33. The SMILES string of the molecule is CCCc1oc(C(C)(C)O)nc1Cl. The molecule has 1 aromatic heterocycles. The van der Waals surface area contributed by atoms with Gasteiger partial charge in [-0.25, -0.2) is 0 Å². The van der Waals surface area contributed by atoms with Gasteiger partial charge in [-0.2, -0.15) is 4.98 Å². The second kappa shape index (κ2) is 3.68. The first kappa shape index (κ1) is 10.5. The Morgan fingerprint density at radius 2 is 2.15 bits per heavy atom. The summed E-state index contributed by atoms with van der Waals surface area (Å²) in [6, 6.07) is 0. The molecule has 0 atom stereocenters. The van der Waals surface area contributed by atoms with Crippen LogP contribution in [0.5, 0.6) is 0 Å². The zero-order valence-electron chi connectivity index (χ0n) is 8.09. The van der Waals surface area contributed by atoms with Gasteiger partial charge in [0.1, 0.15) is 11.4 Å². The lowest BCUT2D eigenvalue weighted by Crippen LogP contribution is -2.15. The fourth-order valence-corrected chi connectivity index (χ4v) is 1.19. The zero-order chi connectivity index (χ0) is 10.1. The Bertz CT molecular complexity index is 288. The van der Waals surface area contributed by atoms with Crippen molar-refractivity contribution in [1.82, 2.24) is 4.98 Å². The van der Waals surface area contributed by atoms with E-state index in [0.29, 0.717) is 10.9 Å². The van der Waals surface area contributed by atoms with Crippen molar-refractivity contribution in [3.63, 3.8) is 0 Å². The van der Waals surface area contributed by atoms with E-state index in [1.165, 1.54) is 0 Å². The van der Waals surface area contributed by atoms with E-state index >= 15 is 0 Å². The number of hydrogen-bond acceptors (Lipinski definition) is 3. The molecule has 0 radical (unpaired) electrons. The number of nitrogens with zero attached hydrogens (tertiary/aromatic N) is 1. The zero-order valence-corrected chi connectivity index (χ0v) is 8.85. The van der Waals surface area contributed by atoms with Crippen LogP contribution >= 0.6 is 11.6 Å². The lowest BCUT2D eigenvalue weighted by atomic mass is 10.1. The Morgan fingerprint density at radius 1 is 1.54 bits per heavy atom. The van der Waals surface area contributed by atoms with Crippen LogP contribution in [0.15, 0.2) is 4.42 Å². The van der Waals surface area contributed by atoms with Gasteiger partial charge in [-0.1, -0.05) is 18.5 Å². The molecule has 0 aliphatic heterocycles. The Hall–Kier alpha value is -0.540. The van der Waals surface area contributed by atoms with E-state index in [1.807, 2.05) is 6.92 Å². The van der Waals surface area contributed by atoms with Crippen molar-refractivity contribution in [3.05, 3.63) is 16.8 Å². The summed E-state index contributed by atoms with van der Waals surface area (Å²) in [6.07, 6.45) is 1.70. The highest BCUT2D eigenvalue weighted by Crippen LogP contribution is 2.25. The van der Waals surface area contributed by atoms with E-state index in [-0.39, 0.29) is 5.89 Å². The van der Waals surface area contributed by atoms with E-state index < -0.39 is 5.60 Å². The van der Waals surface area contributed by atoms with E-state index in [9.17, 15) is 5.11 Å². The van der Waals surface area contributed by atoms with Crippen LogP contribution in [-0.4, -0.2) is 10.1 Å². The maximum Gasteiger partial charge on any atom is 0.227 e. The van der Waals surface area contributed by atoms with Gasteiger partial charge in [-0.05, 0) is 20.3 Å². The van der Waals surface area contributed by atoms with Gasteiger partial charge in [-0.3, -0.25) is 0 Å². The molecule has 4 heteroatoms. The van der Waals surface area contributed by atoms with E-state index in [4.69, 9.17) is 16.0 Å². The van der Waals surface area contributed by atoms with Crippen molar-refractivity contribution in [2.24, 2.45) is 0 Å². The van der Waals surface area contributed by atoms with E-state index in [1.54, 1.807) is 13.8 Å². The first-order valence-electron chi connectivity index (χ1n) is 4.33. The van der Waals surface area contributed by atoms with Crippen LogP contribution in [-0.2, 0) is 12.0 Å². The highest BCUT2D eigenvalue weighted by molar-refractivity contribution is 6.30. The van der Waals surface area contributed by atoms with Gasteiger partial charge in [0.05, 0.1) is 0 Å². The van der Waals surface area contributed by atoms with Crippen LogP contribution in [0.3, 0.4) is 0 Å². The molecular weight excluding hydrogens is 190 g/mol. The third kappa shape index (κ3) is 2.45. The molecule has 0 unspecified atom stereocenters. The predicted molar refractivity (Wildman–Crippen MR) is 50.8 cm³/mol. The number of oxazole rings is 1. The van der Waals surface area contributed by atoms with Gasteiger partial charge in [0.15, 0.2) is 5.15 Å². The molecule has 0 aliphatic carbocycles. The maximum absolute atomic E-state index is 9.58. The number of aliphatic hydroxyl groups is 1. The normalized spacial score (nSPS) is 12.1. The smallest absolute Gasteiger partial charge is 0.227 e. The van der Waals surface area contributed by atoms with Crippen LogP contribution in [0.25, 0.3) is 0 Å². The van der Waals surface area contributed by atoms with Gasteiger partial charge in [0, 0.05) is 6.42 Å². The minimum absolute atomic E-state index is 0.279. The molecule has 0 saturated heterocycles. The Morgan fingerprint density at radius 3 is 2.54 bits per heavy atom. The Labute approximate surface area is 82.7 Å². The van der Waals surface area contributed by atoms with Crippen molar-refractivity contribution in [2.45, 2.75) is 39.2 Å². The van der Waals surface area contributed by atoms with Crippen molar-refractivity contribution in [1.29, 1.82) is 0 Å². The summed E-state index contributed by atoms with van der Waals surface area (Å²) in [7, 11) is 0. The van der Waals surface area contributed by atoms with Gasteiger partial charge in [-0.15, -0.1) is 0 Å². The summed E-state index contributed by atoms with van der Waals surface area (Å²) in [4.78, 5) is 3.95. The molecular formula is C9H14ClNO2. The summed E-state index contributed by atoms with van der Waals surface area (Å²) in [5, 5.41) is 9.94. The number of aryl methyl sites for hydroxylation is 1. The first-order valence-corrected chi connectivity index (χ1v) is 4.71. The number of aromatic nitrogens is 1. The fraction of sp³-hybridized carbons (Fsp3) is 0.667. The molecule has 3 nitrogen and oxygen atoms in total. The van der Waals surface area contributed by atoms with Gasteiger partial charge >= 0.3 is 0 Å². The number of rotatable bonds is 3. The standard InChI is InChI=1S/C9H14ClNO2/c1-4-5-6-7(10)11-8(13-6)9(2,3)12/h12H,4-5H2,1-3H3. The van der Waals surface area contributed by atoms with Crippen molar-refractivity contribution in [2.75, 3.05) is 0 Å². The molecule has 13 heavy (non-hydrogen) atoms. The highest BCUT2D eigenvalue weighted by atomic mass is 35.5. The summed E-state index contributed by atoms with van der Waals surface area (Å²) >= 11 is 5.81. The number of hydrogen-bond donors (Lipinski definition) is 1. The average molecular weight is 204 g/mol. The largest absolute Gasteiger partial charge is 0.441 e. The lowest BCUT2D eigenvalue weighted by molar-refractivity contribution is 0.0471. The van der Waals surface area contributed by atoms with Gasteiger partial charge in [0.25, 0.3) is 0 Å². The van der Waals surface area contributed by atoms with Crippen molar-refractivity contribution in [3.8, 4) is 0 Å². The van der Waals surface area contributed by atoms with Crippen LogP contribution in [0.4, 0.5) is 0 Å². The summed E-state index contributed by atoms with van der Waals surface area (Å²) in [5.74, 6) is 0.933. The summed E-state index contributed by atoms with van der Waals surface area (Å²) in [5.41, 5.74) is -1.06. The monoisotopic (exact) mass is 203 g/mol. The molecule has 0 aromatic carbocycles. The molecule has 1 N–H and O–H groups in total. The highest BCUT2D eigenvalue weighted by Gasteiger charge is 2.24. The maximum atomic E-state index is 9.58. The molecule has 1 aromatic rings. The number of halogens is 1. The average Bonchev–Trinajstić information content (AvgIpc) is 2.32. The fourth-order valence-electron chi connectivity index (χ4n) is 0.976. The molecule has 0 aliphatic rings. The molecule has 0 saturated carbocycles. The lowest BCUT2D eigenvalue weighted by Gasteiger charge is -2.10. The third-order valence-electron chi connectivity index (χ3n) is 1.65. The topological polar surface area (TPSA) is 46.3 Å². The van der Waals surface area contributed by atoms with Crippen LogP contribution in [0.2, 0.25) is 5.15 Å². The second-order valence-electron chi connectivity index (χ2n) is 3.54. The molecule has 1 heterocycles.